The van der Waals surface area contributed by atoms with E-state index in [1.807, 2.05) is 14.0 Å². The standard InChI is InChI=1S/C14H14F2N2O/c1-9(17-2)14-4-3-12(8-18-14)19-13-6-10(15)5-11(16)7-13/h3-9,17H,1-2H3. The topological polar surface area (TPSA) is 34.1 Å². The maximum absolute atomic E-state index is 13.0. The molecule has 1 unspecified atom stereocenters. The third kappa shape index (κ3) is 3.48. The predicted octanol–water partition coefficient (Wildman–Crippen LogP) is 3.43. The van der Waals surface area contributed by atoms with Crippen LogP contribution in [-0.4, -0.2) is 12.0 Å². The first kappa shape index (κ1) is 13.4. The molecule has 1 aromatic carbocycles. The minimum atomic E-state index is -0.677. The highest BCUT2D eigenvalue weighted by atomic mass is 19.1. The fourth-order valence-corrected chi connectivity index (χ4v) is 1.58. The Morgan fingerprint density at radius 2 is 1.79 bits per heavy atom. The molecule has 1 N–H and O–H groups in total. The van der Waals surface area contributed by atoms with Gasteiger partial charge in [-0.2, -0.15) is 0 Å². The molecule has 0 fully saturated rings. The lowest BCUT2D eigenvalue weighted by Gasteiger charge is -2.10. The van der Waals surface area contributed by atoms with Crippen molar-refractivity contribution < 1.29 is 13.5 Å². The van der Waals surface area contributed by atoms with E-state index < -0.39 is 11.6 Å². The first-order valence-electron chi connectivity index (χ1n) is 5.85. The Bertz CT molecular complexity index is 538. The van der Waals surface area contributed by atoms with E-state index in [0.29, 0.717) is 5.75 Å². The van der Waals surface area contributed by atoms with Crippen LogP contribution in [0, 0.1) is 11.6 Å². The summed E-state index contributed by atoms with van der Waals surface area (Å²) in [7, 11) is 1.84. The second kappa shape index (κ2) is 5.75. The molecule has 2 aromatic rings. The van der Waals surface area contributed by atoms with Gasteiger partial charge < -0.3 is 10.1 Å². The van der Waals surface area contributed by atoms with Crippen LogP contribution in [0.3, 0.4) is 0 Å². The normalized spacial score (nSPS) is 12.2. The molecule has 1 atom stereocenters. The molecule has 100 valence electrons. The molecule has 0 amide bonds. The lowest BCUT2D eigenvalue weighted by Crippen LogP contribution is -2.13. The highest BCUT2D eigenvalue weighted by molar-refractivity contribution is 5.31. The molecule has 1 heterocycles. The second-order valence-electron chi connectivity index (χ2n) is 4.14. The van der Waals surface area contributed by atoms with Gasteiger partial charge in [-0.15, -0.1) is 0 Å². The zero-order valence-electron chi connectivity index (χ0n) is 10.7. The largest absolute Gasteiger partial charge is 0.456 e. The molecule has 3 nitrogen and oxygen atoms in total. The van der Waals surface area contributed by atoms with E-state index in [-0.39, 0.29) is 11.8 Å². The Morgan fingerprint density at radius 1 is 1.11 bits per heavy atom. The molecule has 1 aromatic heterocycles. The fraction of sp³-hybridized carbons (Fsp3) is 0.214. The predicted molar refractivity (Wildman–Crippen MR) is 68.1 cm³/mol. The average molecular weight is 264 g/mol. The minimum Gasteiger partial charge on any atom is -0.456 e. The van der Waals surface area contributed by atoms with Crippen LogP contribution in [0.15, 0.2) is 36.5 Å². The number of ether oxygens (including phenoxy) is 1. The van der Waals surface area contributed by atoms with E-state index in [9.17, 15) is 8.78 Å². The number of nitrogens with zero attached hydrogens (tertiary/aromatic N) is 1. The van der Waals surface area contributed by atoms with Gasteiger partial charge in [-0.05, 0) is 26.1 Å². The summed E-state index contributed by atoms with van der Waals surface area (Å²) >= 11 is 0. The number of hydrogen-bond acceptors (Lipinski definition) is 3. The summed E-state index contributed by atoms with van der Waals surface area (Å²) in [5, 5.41) is 3.06. The summed E-state index contributed by atoms with van der Waals surface area (Å²) < 4.78 is 31.4. The zero-order valence-corrected chi connectivity index (χ0v) is 10.7. The number of halogens is 2. The molecule has 0 spiro atoms. The van der Waals surface area contributed by atoms with Gasteiger partial charge in [0, 0.05) is 24.2 Å². The summed E-state index contributed by atoms with van der Waals surface area (Å²) in [5.74, 6) is -0.822. The Hall–Kier alpha value is -2.01. The van der Waals surface area contributed by atoms with Crippen molar-refractivity contribution in [3.63, 3.8) is 0 Å². The van der Waals surface area contributed by atoms with Gasteiger partial charge in [0.25, 0.3) is 0 Å². The molecular weight excluding hydrogens is 250 g/mol. The van der Waals surface area contributed by atoms with Crippen LogP contribution in [0.4, 0.5) is 8.78 Å². The summed E-state index contributed by atoms with van der Waals surface area (Å²) in [6.45, 7) is 1.98. The van der Waals surface area contributed by atoms with Crippen molar-refractivity contribution in [2.24, 2.45) is 0 Å². The highest BCUT2D eigenvalue weighted by Gasteiger charge is 2.06. The molecule has 0 radical (unpaired) electrons. The van der Waals surface area contributed by atoms with Gasteiger partial charge in [-0.3, -0.25) is 4.98 Å². The zero-order chi connectivity index (χ0) is 13.8. The van der Waals surface area contributed by atoms with Crippen LogP contribution in [0.25, 0.3) is 0 Å². The number of rotatable bonds is 4. The smallest absolute Gasteiger partial charge is 0.145 e. The number of benzene rings is 1. The third-order valence-electron chi connectivity index (χ3n) is 2.71. The molecule has 19 heavy (non-hydrogen) atoms. The van der Waals surface area contributed by atoms with Crippen molar-refractivity contribution in [2.75, 3.05) is 7.05 Å². The maximum atomic E-state index is 13.0. The van der Waals surface area contributed by atoms with Crippen molar-refractivity contribution >= 4 is 0 Å². The number of aromatic nitrogens is 1. The van der Waals surface area contributed by atoms with E-state index in [4.69, 9.17) is 4.74 Å². The first-order chi connectivity index (χ1) is 9.08. The minimum absolute atomic E-state index is 0.105. The van der Waals surface area contributed by atoms with Gasteiger partial charge in [-0.25, -0.2) is 8.78 Å². The van der Waals surface area contributed by atoms with Crippen LogP contribution in [-0.2, 0) is 0 Å². The quantitative estimate of drug-likeness (QED) is 0.918. The summed E-state index contributed by atoms with van der Waals surface area (Å²) in [6.07, 6.45) is 1.52. The molecule has 0 aliphatic rings. The number of nitrogens with one attached hydrogen (secondary N) is 1. The van der Waals surface area contributed by atoms with Crippen LogP contribution in [0.2, 0.25) is 0 Å². The first-order valence-corrected chi connectivity index (χ1v) is 5.85. The van der Waals surface area contributed by atoms with Gasteiger partial charge in [0.05, 0.1) is 11.9 Å². The monoisotopic (exact) mass is 264 g/mol. The summed E-state index contributed by atoms with van der Waals surface area (Å²) in [6, 6.07) is 6.66. The Kier molecular flexibility index (Phi) is 4.06. The fourth-order valence-electron chi connectivity index (χ4n) is 1.58. The van der Waals surface area contributed by atoms with Gasteiger partial charge in [0.15, 0.2) is 0 Å². The molecule has 0 saturated carbocycles. The van der Waals surface area contributed by atoms with E-state index in [1.54, 1.807) is 12.1 Å². The van der Waals surface area contributed by atoms with Crippen LogP contribution >= 0.6 is 0 Å². The Labute approximate surface area is 110 Å². The SMILES string of the molecule is CNC(C)c1ccc(Oc2cc(F)cc(F)c2)cn1. The third-order valence-corrected chi connectivity index (χ3v) is 2.71. The molecule has 2 rings (SSSR count). The van der Waals surface area contributed by atoms with E-state index in [1.165, 1.54) is 6.20 Å². The van der Waals surface area contributed by atoms with Gasteiger partial charge >= 0.3 is 0 Å². The average Bonchev–Trinajstić information content (AvgIpc) is 2.37. The van der Waals surface area contributed by atoms with Gasteiger partial charge in [0.2, 0.25) is 0 Å². The Balaban J connectivity index is 2.15. The number of pyridine rings is 1. The van der Waals surface area contributed by atoms with Gasteiger partial charge in [0.1, 0.15) is 23.1 Å². The molecule has 0 bridgehead atoms. The van der Waals surface area contributed by atoms with Crippen molar-refractivity contribution in [3.05, 3.63) is 53.9 Å². The lowest BCUT2D eigenvalue weighted by molar-refractivity contribution is 0.465. The van der Waals surface area contributed by atoms with Crippen molar-refractivity contribution in [1.82, 2.24) is 10.3 Å². The van der Waals surface area contributed by atoms with E-state index in [0.717, 1.165) is 23.9 Å². The maximum Gasteiger partial charge on any atom is 0.145 e. The lowest BCUT2D eigenvalue weighted by atomic mass is 10.2. The molecule has 0 aliphatic carbocycles. The van der Waals surface area contributed by atoms with Crippen molar-refractivity contribution in [3.8, 4) is 11.5 Å². The molecule has 0 aliphatic heterocycles. The van der Waals surface area contributed by atoms with Crippen LogP contribution < -0.4 is 10.1 Å². The van der Waals surface area contributed by atoms with Gasteiger partial charge in [-0.1, -0.05) is 0 Å². The van der Waals surface area contributed by atoms with Crippen molar-refractivity contribution in [2.45, 2.75) is 13.0 Å². The van der Waals surface area contributed by atoms with Crippen molar-refractivity contribution in [1.29, 1.82) is 0 Å². The molecule has 5 heteroatoms. The highest BCUT2D eigenvalue weighted by Crippen LogP contribution is 2.23. The van der Waals surface area contributed by atoms with Crippen LogP contribution in [0.5, 0.6) is 11.5 Å². The molecule has 0 saturated heterocycles. The summed E-state index contributed by atoms with van der Waals surface area (Å²) in [4.78, 5) is 4.22. The van der Waals surface area contributed by atoms with E-state index >= 15 is 0 Å². The Morgan fingerprint density at radius 3 is 2.32 bits per heavy atom. The van der Waals surface area contributed by atoms with Crippen LogP contribution in [0.1, 0.15) is 18.7 Å². The molecular formula is C14H14F2N2O. The number of hydrogen-bond donors (Lipinski definition) is 1. The summed E-state index contributed by atoms with van der Waals surface area (Å²) in [5.41, 5.74) is 0.861. The van der Waals surface area contributed by atoms with E-state index in [2.05, 4.69) is 10.3 Å². The second-order valence-corrected chi connectivity index (χ2v) is 4.14.